The van der Waals surface area contributed by atoms with E-state index < -0.39 is 0 Å². The number of benzene rings is 2. The number of pyridine rings is 2. The van der Waals surface area contributed by atoms with Crippen LogP contribution in [0.15, 0.2) is 84.0 Å². The maximum absolute atomic E-state index is 13.7. The van der Waals surface area contributed by atoms with Crippen LogP contribution in [0.25, 0.3) is 38.8 Å². The molecule has 0 aliphatic carbocycles. The summed E-state index contributed by atoms with van der Waals surface area (Å²) in [6.45, 7) is 2.07. The molecule has 0 amide bonds. The van der Waals surface area contributed by atoms with Crippen molar-refractivity contribution in [2.24, 2.45) is 0 Å². The molecule has 3 aromatic heterocycles. The van der Waals surface area contributed by atoms with Crippen molar-refractivity contribution in [3.05, 3.63) is 95.3 Å². The maximum atomic E-state index is 13.7. The molecule has 0 aliphatic heterocycles. The van der Waals surface area contributed by atoms with Crippen LogP contribution in [0.5, 0.6) is 0 Å². The first kappa shape index (κ1) is 17.3. The van der Waals surface area contributed by atoms with Crippen LogP contribution in [0.2, 0.25) is 0 Å². The van der Waals surface area contributed by atoms with Crippen LogP contribution < -0.4 is 5.56 Å². The Morgan fingerprint density at radius 3 is 2.55 bits per heavy atom. The molecule has 0 atom stereocenters. The van der Waals surface area contributed by atoms with Gasteiger partial charge in [-0.05, 0) is 41.6 Å². The Balaban J connectivity index is 1.84. The van der Waals surface area contributed by atoms with Crippen molar-refractivity contribution >= 4 is 21.9 Å². The van der Waals surface area contributed by atoms with Gasteiger partial charge in [-0.3, -0.25) is 14.3 Å². The SMILES string of the molecule is CCc1cc2cccc(-c3cnc4nccnc4c3)c2c(=O)n1-c1ccccc1. The van der Waals surface area contributed by atoms with E-state index in [0.717, 1.165) is 34.3 Å². The van der Waals surface area contributed by atoms with Crippen molar-refractivity contribution in [2.75, 3.05) is 0 Å². The van der Waals surface area contributed by atoms with Crippen LogP contribution in [0.4, 0.5) is 0 Å². The highest BCUT2D eigenvalue weighted by Gasteiger charge is 2.15. The second kappa shape index (κ2) is 6.95. The zero-order valence-electron chi connectivity index (χ0n) is 15.9. The van der Waals surface area contributed by atoms with E-state index in [9.17, 15) is 4.79 Å². The van der Waals surface area contributed by atoms with Gasteiger partial charge in [0.05, 0.1) is 5.39 Å². The molecule has 0 spiro atoms. The Morgan fingerprint density at radius 2 is 1.72 bits per heavy atom. The Labute approximate surface area is 167 Å². The molecule has 0 fully saturated rings. The molecule has 5 nitrogen and oxygen atoms in total. The van der Waals surface area contributed by atoms with Gasteiger partial charge in [0.15, 0.2) is 5.65 Å². The lowest BCUT2D eigenvalue weighted by Gasteiger charge is -2.15. The summed E-state index contributed by atoms with van der Waals surface area (Å²) in [4.78, 5) is 26.7. The molecule has 140 valence electrons. The molecule has 0 bridgehead atoms. The molecule has 5 rings (SSSR count). The lowest BCUT2D eigenvalue weighted by Crippen LogP contribution is -2.22. The van der Waals surface area contributed by atoms with Crippen LogP contribution in [-0.4, -0.2) is 19.5 Å². The van der Waals surface area contributed by atoms with Crippen molar-refractivity contribution in [3.63, 3.8) is 0 Å². The molecule has 0 saturated carbocycles. The minimum Gasteiger partial charge on any atom is -0.281 e. The number of rotatable bonds is 3. The van der Waals surface area contributed by atoms with Gasteiger partial charge in [0.2, 0.25) is 0 Å². The number of fused-ring (bicyclic) bond motifs is 2. The number of aryl methyl sites for hydroxylation is 1. The zero-order chi connectivity index (χ0) is 19.8. The van der Waals surface area contributed by atoms with Gasteiger partial charge in [-0.15, -0.1) is 0 Å². The van der Waals surface area contributed by atoms with E-state index in [-0.39, 0.29) is 5.56 Å². The van der Waals surface area contributed by atoms with Crippen LogP contribution in [-0.2, 0) is 6.42 Å². The summed E-state index contributed by atoms with van der Waals surface area (Å²) < 4.78 is 1.81. The lowest BCUT2D eigenvalue weighted by molar-refractivity contribution is 0.889. The minimum absolute atomic E-state index is 0.0274. The standard InChI is InChI=1S/C24H18N4O/c1-2-18-13-16-7-6-10-20(17-14-21-23(27-15-17)26-12-11-25-21)22(16)24(29)28(18)19-8-4-3-5-9-19/h3-15H,2H2,1H3. The summed E-state index contributed by atoms with van der Waals surface area (Å²) in [5.74, 6) is 0. The number of hydrogen-bond donors (Lipinski definition) is 0. The van der Waals surface area contributed by atoms with Gasteiger partial charge in [0.25, 0.3) is 5.56 Å². The summed E-state index contributed by atoms with van der Waals surface area (Å²) in [6.07, 6.45) is 5.79. The van der Waals surface area contributed by atoms with Gasteiger partial charge < -0.3 is 0 Å². The van der Waals surface area contributed by atoms with Gasteiger partial charge >= 0.3 is 0 Å². The minimum atomic E-state index is -0.0274. The van der Waals surface area contributed by atoms with E-state index in [1.165, 1.54) is 0 Å². The van der Waals surface area contributed by atoms with Crippen LogP contribution >= 0.6 is 0 Å². The number of hydrogen-bond acceptors (Lipinski definition) is 4. The van der Waals surface area contributed by atoms with Gasteiger partial charge in [-0.1, -0.05) is 43.3 Å². The molecule has 0 saturated heterocycles. The van der Waals surface area contributed by atoms with Crippen LogP contribution in [0.3, 0.4) is 0 Å². The average Bonchev–Trinajstić information content (AvgIpc) is 2.78. The number of aromatic nitrogens is 4. The molecule has 29 heavy (non-hydrogen) atoms. The fourth-order valence-corrected chi connectivity index (χ4v) is 3.78. The first-order valence-electron chi connectivity index (χ1n) is 9.56. The van der Waals surface area contributed by atoms with E-state index in [1.807, 2.05) is 54.6 Å². The monoisotopic (exact) mass is 378 g/mol. The van der Waals surface area contributed by atoms with Crippen molar-refractivity contribution < 1.29 is 0 Å². The summed E-state index contributed by atoms with van der Waals surface area (Å²) in [5, 5.41) is 1.61. The summed E-state index contributed by atoms with van der Waals surface area (Å²) in [7, 11) is 0. The van der Waals surface area contributed by atoms with E-state index >= 15 is 0 Å². The molecular weight excluding hydrogens is 360 g/mol. The van der Waals surface area contributed by atoms with Crippen LogP contribution in [0.1, 0.15) is 12.6 Å². The van der Waals surface area contributed by atoms with Crippen molar-refractivity contribution in [2.45, 2.75) is 13.3 Å². The van der Waals surface area contributed by atoms with Crippen molar-refractivity contribution in [1.29, 1.82) is 0 Å². The molecule has 0 radical (unpaired) electrons. The van der Waals surface area contributed by atoms with E-state index in [0.29, 0.717) is 16.6 Å². The third-order valence-electron chi connectivity index (χ3n) is 5.13. The largest absolute Gasteiger partial charge is 0.281 e. The van der Waals surface area contributed by atoms with Crippen LogP contribution in [0, 0.1) is 0 Å². The smallest absolute Gasteiger partial charge is 0.263 e. The van der Waals surface area contributed by atoms with Gasteiger partial charge in [0.1, 0.15) is 5.52 Å². The van der Waals surface area contributed by atoms with Gasteiger partial charge in [0, 0.05) is 35.5 Å². The Morgan fingerprint density at radius 1 is 0.897 bits per heavy atom. The molecule has 0 N–H and O–H groups in total. The quantitative estimate of drug-likeness (QED) is 0.462. The number of para-hydroxylation sites is 1. The highest BCUT2D eigenvalue weighted by atomic mass is 16.1. The molecule has 3 heterocycles. The number of nitrogens with zero attached hydrogens (tertiary/aromatic N) is 4. The zero-order valence-corrected chi connectivity index (χ0v) is 15.9. The molecule has 2 aromatic carbocycles. The van der Waals surface area contributed by atoms with Crippen molar-refractivity contribution in [1.82, 2.24) is 19.5 Å². The normalized spacial score (nSPS) is 11.2. The molecular formula is C24H18N4O. The second-order valence-electron chi connectivity index (χ2n) is 6.86. The Kier molecular flexibility index (Phi) is 4.13. The predicted molar refractivity (Wildman–Crippen MR) is 115 cm³/mol. The summed E-state index contributed by atoms with van der Waals surface area (Å²) >= 11 is 0. The predicted octanol–water partition coefficient (Wildman–Crippen LogP) is 4.56. The Bertz CT molecular complexity index is 1410. The maximum Gasteiger partial charge on any atom is 0.263 e. The lowest BCUT2D eigenvalue weighted by atomic mass is 9.99. The average molecular weight is 378 g/mol. The summed E-state index contributed by atoms with van der Waals surface area (Å²) in [6, 6.07) is 19.7. The highest BCUT2D eigenvalue weighted by Crippen LogP contribution is 2.28. The second-order valence-corrected chi connectivity index (χ2v) is 6.86. The first-order chi connectivity index (χ1) is 14.3. The Hall–Kier alpha value is -3.86. The topological polar surface area (TPSA) is 60.7 Å². The highest BCUT2D eigenvalue weighted by molar-refractivity contribution is 5.97. The van der Waals surface area contributed by atoms with E-state index in [1.54, 1.807) is 23.2 Å². The first-order valence-corrected chi connectivity index (χ1v) is 9.56. The molecule has 5 aromatic rings. The fourth-order valence-electron chi connectivity index (χ4n) is 3.78. The van der Waals surface area contributed by atoms with Crippen molar-refractivity contribution in [3.8, 4) is 16.8 Å². The molecule has 0 unspecified atom stereocenters. The van der Waals surface area contributed by atoms with Gasteiger partial charge in [-0.2, -0.15) is 0 Å². The summed E-state index contributed by atoms with van der Waals surface area (Å²) in [5.41, 5.74) is 4.81. The van der Waals surface area contributed by atoms with E-state index in [2.05, 4.69) is 27.9 Å². The van der Waals surface area contributed by atoms with Gasteiger partial charge in [-0.25, -0.2) is 9.97 Å². The molecule has 5 heteroatoms. The van der Waals surface area contributed by atoms with E-state index in [4.69, 9.17) is 0 Å². The third-order valence-corrected chi connectivity index (χ3v) is 5.13. The fraction of sp³-hybridized carbons (Fsp3) is 0.0833. The third kappa shape index (κ3) is 2.88. The molecule has 0 aliphatic rings.